The zero-order valence-electron chi connectivity index (χ0n) is 21.5. The minimum atomic E-state index is -0.892. The van der Waals surface area contributed by atoms with Gasteiger partial charge >= 0.3 is 0 Å². The number of unbranched alkanes of at least 4 members (excludes halogenated alkanes) is 1. The van der Waals surface area contributed by atoms with Crippen LogP contribution in [0, 0.1) is 5.92 Å². The third-order valence-corrected chi connectivity index (χ3v) is 6.78. The van der Waals surface area contributed by atoms with Gasteiger partial charge in [0.1, 0.15) is 17.4 Å². The van der Waals surface area contributed by atoms with Crippen molar-refractivity contribution in [1.82, 2.24) is 10.6 Å². The standard InChI is InChI=1S/C28H34N2O6S/c1-4-5-11-21(24(32)17-37-16-19-9-8-13-35-19)29-27(33)22(14-18(2)3)30-28(34)26-15-23(31)20-10-6-7-12-25(20)36-26/h6-10,12-13,15,18,21-22H,4-5,11,14,16-17H2,1-3H3,(H,29,33)(H,30,34)/t21-,22-/m0/s1. The summed E-state index contributed by atoms with van der Waals surface area (Å²) < 4.78 is 10.9. The highest BCUT2D eigenvalue weighted by Crippen LogP contribution is 2.16. The van der Waals surface area contributed by atoms with E-state index >= 15 is 0 Å². The van der Waals surface area contributed by atoms with Gasteiger partial charge in [0, 0.05) is 6.07 Å². The maximum absolute atomic E-state index is 13.3. The number of furan rings is 1. The van der Waals surface area contributed by atoms with Gasteiger partial charge < -0.3 is 19.5 Å². The summed E-state index contributed by atoms with van der Waals surface area (Å²) in [5.74, 6) is 0.339. The van der Waals surface area contributed by atoms with Gasteiger partial charge in [-0.25, -0.2) is 0 Å². The highest BCUT2D eigenvalue weighted by atomic mass is 32.2. The number of hydrogen-bond donors (Lipinski definition) is 2. The molecule has 0 aliphatic heterocycles. The first-order valence-corrected chi connectivity index (χ1v) is 13.7. The molecular weight excluding hydrogens is 492 g/mol. The largest absolute Gasteiger partial charge is 0.468 e. The number of carbonyl (C=O) groups is 3. The van der Waals surface area contributed by atoms with Gasteiger partial charge in [-0.2, -0.15) is 0 Å². The molecule has 0 spiro atoms. The predicted molar refractivity (Wildman–Crippen MR) is 145 cm³/mol. The van der Waals surface area contributed by atoms with E-state index in [4.69, 9.17) is 8.83 Å². The molecule has 3 aromatic rings. The minimum absolute atomic E-state index is 0.0755. The molecule has 0 fully saturated rings. The second-order valence-corrected chi connectivity index (χ2v) is 10.4. The monoisotopic (exact) mass is 526 g/mol. The van der Waals surface area contributed by atoms with Crippen LogP contribution in [0.1, 0.15) is 62.8 Å². The van der Waals surface area contributed by atoms with E-state index in [0.717, 1.165) is 24.7 Å². The summed E-state index contributed by atoms with van der Waals surface area (Å²) in [5, 5.41) is 5.95. The minimum Gasteiger partial charge on any atom is -0.468 e. The smallest absolute Gasteiger partial charge is 0.287 e. The lowest BCUT2D eigenvalue weighted by atomic mass is 10.0. The van der Waals surface area contributed by atoms with Crippen molar-refractivity contribution in [3.05, 3.63) is 70.5 Å². The van der Waals surface area contributed by atoms with Crippen molar-refractivity contribution >= 4 is 40.3 Å². The molecular formula is C28H34N2O6S. The van der Waals surface area contributed by atoms with Crippen LogP contribution in [-0.4, -0.2) is 35.4 Å². The van der Waals surface area contributed by atoms with Crippen molar-refractivity contribution in [2.75, 3.05) is 5.75 Å². The van der Waals surface area contributed by atoms with Gasteiger partial charge in [0.05, 0.1) is 29.2 Å². The molecule has 0 saturated heterocycles. The molecule has 2 heterocycles. The lowest BCUT2D eigenvalue weighted by Gasteiger charge is -2.24. The molecule has 37 heavy (non-hydrogen) atoms. The van der Waals surface area contributed by atoms with E-state index in [1.165, 1.54) is 11.8 Å². The van der Waals surface area contributed by atoms with Crippen molar-refractivity contribution in [2.45, 2.75) is 64.3 Å². The van der Waals surface area contributed by atoms with E-state index < -0.39 is 23.9 Å². The van der Waals surface area contributed by atoms with Crippen molar-refractivity contribution in [1.29, 1.82) is 0 Å². The van der Waals surface area contributed by atoms with Crippen LogP contribution in [0.25, 0.3) is 11.0 Å². The van der Waals surface area contributed by atoms with Gasteiger partial charge in [-0.3, -0.25) is 19.2 Å². The molecule has 3 rings (SSSR count). The lowest BCUT2D eigenvalue weighted by Crippen LogP contribution is -2.52. The summed E-state index contributed by atoms with van der Waals surface area (Å²) in [7, 11) is 0. The summed E-state index contributed by atoms with van der Waals surface area (Å²) in [6.07, 6.45) is 4.13. The van der Waals surface area contributed by atoms with E-state index in [-0.39, 0.29) is 28.6 Å². The molecule has 198 valence electrons. The molecule has 2 aromatic heterocycles. The number of rotatable bonds is 14. The predicted octanol–water partition coefficient (Wildman–Crippen LogP) is 4.71. The quantitative estimate of drug-likeness (QED) is 0.312. The van der Waals surface area contributed by atoms with Crippen LogP contribution in [0.2, 0.25) is 0 Å². The SMILES string of the molecule is CCCC[C@H](NC(=O)[C@H](CC(C)C)NC(=O)c1cc(=O)c2ccccc2o1)C(=O)CSCc1ccco1. The first-order chi connectivity index (χ1) is 17.8. The summed E-state index contributed by atoms with van der Waals surface area (Å²) in [4.78, 5) is 51.6. The van der Waals surface area contributed by atoms with E-state index in [0.29, 0.717) is 29.6 Å². The first kappa shape index (κ1) is 28.2. The number of hydrogen-bond acceptors (Lipinski definition) is 7. The number of para-hydroxylation sites is 1. The molecule has 0 radical (unpaired) electrons. The van der Waals surface area contributed by atoms with Crippen molar-refractivity contribution in [2.24, 2.45) is 5.92 Å². The molecule has 0 aliphatic carbocycles. The number of nitrogens with one attached hydrogen (secondary N) is 2. The summed E-state index contributed by atoms with van der Waals surface area (Å²) in [6.45, 7) is 5.90. The van der Waals surface area contributed by atoms with Crippen molar-refractivity contribution in [3.8, 4) is 0 Å². The molecule has 1 aromatic carbocycles. The van der Waals surface area contributed by atoms with Crippen LogP contribution in [0.15, 0.2) is 62.4 Å². The molecule has 9 heteroatoms. The Balaban J connectivity index is 1.69. The van der Waals surface area contributed by atoms with Gasteiger partial charge in [-0.05, 0) is 43.0 Å². The molecule has 0 bridgehead atoms. The van der Waals surface area contributed by atoms with Crippen LogP contribution < -0.4 is 16.1 Å². The third-order valence-electron chi connectivity index (χ3n) is 5.81. The Hall–Kier alpha value is -3.33. The van der Waals surface area contributed by atoms with Gasteiger partial charge in [0.25, 0.3) is 5.91 Å². The molecule has 2 N–H and O–H groups in total. The van der Waals surface area contributed by atoms with Gasteiger partial charge in [0.2, 0.25) is 5.91 Å². The third kappa shape index (κ3) is 8.35. The average molecular weight is 527 g/mol. The molecule has 2 amide bonds. The second-order valence-electron chi connectivity index (χ2n) is 9.37. The molecule has 0 saturated carbocycles. The zero-order chi connectivity index (χ0) is 26.8. The molecule has 8 nitrogen and oxygen atoms in total. The van der Waals surface area contributed by atoms with Crippen molar-refractivity contribution < 1.29 is 23.2 Å². The number of ketones is 1. The van der Waals surface area contributed by atoms with Crippen LogP contribution in [0.5, 0.6) is 0 Å². The highest BCUT2D eigenvalue weighted by molar-refractivity contribution is 7.99. The number of amides is 2. The Kier molecular flexibility index (Phi) is 10.6. The van der Waals surface area contributed by atoms with Gasteiger partial charge in [-0.15, -0.1) is 11.8 Å². The second kappa shape index (κ2) is 13.8. The van der Waals surface area contributed by atoms with Crippen molar-refractivity contribution in [3.63, 3.8) is 0 Å². The number of fused-ring (bicyclic) bond motifs is 1. The fourth-order valence-corrected chi connectivity index (χ4v) is 4.76. The number of carbonyl (C=O) groups excluding carboxylic acids is 3. The Morgan fingerprint density at radius 1 is 1.03 bits per heavy atom. The number of benzene rings is 1. The lowest BCUT2D eigenvalue weighted by molar-refractivity contribution is -0.128. The van der Waals surface area contributed by atoms with Gasteiger partial charge in [0.15, 0.2) is 17.0 Å². The Labute approximate surface area is 220 Å². The Bertz CT molecular complexity index is 1250. The van der Waals surface area contributed by atoms with E-state index in [1.54, 1.807) is 36.6 Å². The van der Waals surface area contributed by atoms with E-state index in [2.05, 4.69) is 10.6 Å². The molecule has 2 atom stereocenters. The fourth-order valence-electron chi connectivity index (χ4n) is 3.89. The normalized spacial score (nSPS) is 12.9. The number of Topliss-reactive ketones (excluding diaryl/α,β-unsaturated/α-hetero) is 1. The van der Waals surface area contributed by atoms with E-state index in [9.17, 15) is 19.2 Å². The topological polar surface area (TPSA) is 119 Å². The summed E-state index contributed by atoms with van der Waals surface area (Å²) in [6, 6.07) is 9.90. The van der Waals surface area contributed by atoms with E-state index in [1.807, 2.05) is 26.8 Å². The molecule has 0 aliphatic rings. The van der Waals surface area contributed by atoms with Crippen LogP contribution in [0.3, 0.4) is 0 Å². The average Bonchev–Trinajstić information content (AvgIpc) is 3.39. The Morgan fingerprint density at radius 3 is 2.51 bits per heavy atom. The summed E-state index contributed by atoms with van der Waals surface area (Å²) >= 11 is 1.43. The highest BCUT2D eigenvalue weighted by Gasteiger charge is 2.28. The first-order valence-electron chi connectivity index (χ1n) is 12.6. The number of thioether (sulfide) groups is 1. The van der Waals surface area contributed by atoms with Crippen LogP contribution >= 0.6 is 11.8 Å². The van der Waals surface area contributed by atoms with Crippen LogP contribution in [0.4, 0.5) is 0 Å². The van der Waals surface area contributed by atoms with Gasteiger partial charge in [-0.1, -0.05) is 45.7 Å². The molecule has 0 unspecified atom stereocenters. The summed E-state index contributed by atoms with van der Waals surface area (Å²) in [5.41, 5.74) is -0.0450. The maximum Gasteiger partial charge on any atom is 0.287 e. The maximum atomic E-state index is 13.3. The zero-order valence-corrected chi connectivity index (χ0v) is 22.3. The fraction of sp³-hybridized carbons (Fsp3) is 0.429. The Morgan fingerprint density at radius 2 is 1.81 bits per heavy atom. The van der Waals surface area contributed by atoms with Crippen LogP contribution in [-0.2, 0) is 15.3 Å².